The van der Waals surface area contributed by atoms with E-state index in [2.05, 4.69) is 11.8 Å². The fourth-order valence-corrected chi connectivity index (χ4v) is 3.94. The second-order valence-electron chi connectivity index (χ2n) is 5.69. The summed E-state index contributed by atoms with van der Waals surface area (Å²) < 4.78 is 36.5. The first-order valence-corrected chi connectivity index (χ1v) is 8.80. The van der Waals surface area contributed by atoms with E-state index in [1.807, 2.05) is 6.07 Å². The fraction of sp³-hybridized carbons (Fsp3) is 0.600. The van der Waals surface area contributed by atoms with Gasteiger partial charge in [-0.05, 0) is 44.4 Å². The minimum Gasteiger partial charge on any atom is -0.298 e. The van der Waals surface area contributed by atoms with Crippen LogP contribution in [-0.2, 0) is 16.3 Å². The standard InChI is InChI=1S/C15H22FNO2S/c1-12(6-7-14-4-3-5-15(16)10-14)17-8-9-20(18,19)13(2)11-17/h3-5,10,12-13H,6-9,11H2,1-2H3/t12-,13-/m1/s1. The topological polar surface area (TPSA) is 37.4 Å². The molecule has 1 heterocycles. The van der Waals surface area contributed by atoms with Gasteiger partial charge < -0.3 is 0 Å². The van der Waals surface area contributed by atoms with Crippen molar-refractivity contribution in [1.29, 1.82) is 0 Å². The van der Waals surface area contributed by atoms with Crippen LogP contribution in [-0.4, -0.2) is 43.5 Å². The van der Waals surface area contributed by atoms with Crippen molar-refractivity contribution in [3.05, 3.63) is 35.6 Å². The Hall–Kier alpha value is -0.940. The number of rotatable bonds is 4. The van der Waals surface area contributed by atoms with Crippen LogP contribution in [0.1, 0.15) is 25.8 Å². The molecule has 1 aliphatic rings. The lowest BCUT2D eigenvalue weighted by Gasteiger charge is -2.35. The van der Waals surface area contributed by atoms with Crippen molar-refractivity contribution in [2.75, 3.05) is 18.8 Å². The molecule has 0 amide bonds. The van der Waals surface area contributed by atoms with Crippen LogP contribution < -0.4 is 0 Å². The van der Waals surface area contributed by atoms with Gasteiger partial charge in [-0.15, -0.1) is 0 Å². The third-order valence-electron chi connectivity index (χ3n) is 4.13. The highest BCUT2D eigenvalue weighted by Crippen LogP contribution is 2.17. The number of aryl methyl sites for hydroxylation is 1. The maximum Gasteiger partial charge on any atom is 0.155 e. The van der Waals surface area contributed by atoms with E-state index >= 15 is 0 Å². The molecule has 1 aromatic rings. The normalized spacial score (nSPS) is 24.4. The second-order valence-corrected chi connectivity index (χ2v) is 8.23. The molecule has 1 aromatic carbocycles. The molecule has 1 saturated heterocycles. The average Bonchev–Trinajstić information content (AvgIpc) is 2.39. The first kappa shape index (κ1) is 15.4. The van der Waals surface area contributed by atoms with Crippen LogP contribution in [0.2, 0.25) is 0 Å². The number of nitrogens with zero attached hydrogens (tertiary/aromatic N) is 1. The predicted molar refractivity (Wildman–Crippen MR) is 79.0 cm³/mol. The Morgan fingerprint density at radius 2 is 2.20 bits per heavy atom. The summed E-state index contributed by atoms with van der Waals surface area (Å²) in [7, 11) is -2.89. The molecule has 0 N–H and O–H groups in total. The number of hydrogen-bond donors (Lipinski definition) is 0. The number of benzene rings is 1. The van der Waals surface area contributed by atoms with Crippen LogP contribution >= 0.6 is 0 Å². The summed E-state index contributed by atoms with van der Waals surface area (Å²) in [5, 5.41) is -0.284. The molecular formula is C15H22FNO2S. The highest BCUT2D eigenvalue weighted by molar-refractivity contribution is 7.92. The van der Waals surface area contributed by atoms with Crippen molar-refractivity contribution >= 4 is 9.84 Å². The Balaban J connectivity index is 1.88. The van der Waals surface area contributed by atoms with E-state index in [0.29, 0.717) is 19.1 Å². The quantitative estimate of drug-likeness (QED) is 0.856. The van der Waals surface area contributed by atoms with Gasteiger partial charge in [0.2, 0.25) is 0 Å². The van der Waals surface area contributed by atoms with Crippen molar-refractivity contribution in [2.24, 2.45) is 0 Å². The molecular weight excluding hydrogens is 277 g/mol. The van der Waals surface area contributed by atoms with E-state index in [-0.39, 0.29) is 16.8 Å². The van der Waals surface area contributed by atoms with E-state index in [1.165, 1.54) is 6.07 Å². The summed E-state index contributed by atoms with van der Waals surface area (Å²) in [6.07, 6.45) is 1.73. The van der Waals surface area contributed by atoms with Crippen molar-refractivity contribution in [3.63, 3.8) is 0 Å². The van der Waals surface area contributed by atoms with Crippen LogP contribution in [0.3, 0.4) is 0 Å². The lowest BCUT2D eigenvalue weighted by Crippen LogP contribution is -2.49. The van der Waals surface area contributed by atoms with Gasteiger partial charge in [0.15, 0.2) is 9.84 Å². The largest absolute Gasteiger partial charge is 0.298 e. The lowest BCUT2D eigenvalue weighted by molar-refractivity contribution is 0.204. The van der Waals surface area contributed by atoms with E-state index < -0.39 is 9.84 Å². The Kier molecular flexibility index (Phi) is 4.81. The second kappa shape index (κ2) is 6.22. The average molecular weight is 299 g/mol. The molecule has 0 bridgehead atoms. The van der Waals surface area contributed by atoms with E-state index in [4.69, 9.17) is 0 Å². The van der Waals surface area contributed by atoms with Crippen LogP contribution in [0, 0.1) is 5.82 Å². The maximum atomic E-state index is 13.1. The molecule has 0 saturated carbocycles. The Morgan fingerprint density at radius 3 is 2.85 bits per heavy atom. The minimum absolute atomic E-state index is 0.201. The molecule has 0 radical (unpaired) electrons. The van der Waals surface area contributed by atoms with Gasteiger partial charge in [-0.25, -0.2) is 12.8 Å². The zero-order chi connectivity index (χ0) is 14.8. The first-order valence-electron chi connectivity index (χ1n) is 7.08. The van der Waals surface area contributed by atoms with Crippen LogP contribution in [0.25, 0.3) is 0 Å². The summed E-state index contributed by atoms with van der Waals surface area (Å²) in [4.78, 5) is 2.23. The summed E-state index contributed by atoms with van der Waals surface area (Å²) in [5.74, 6) is 0.0474. The van der Waals surface area contributed by atoms with Crippen LogP contribution in [0.15, 0.2) is 24.3 Å². The molecule has 5 heteroatoms. The first-order chi connectivity index (χ1) is 9.38. The molecule has 1 fully saturated rings. The van der Waals surface area contributed by atoms with E-state index in [1.54, 1.807) is 19.1 Å². The third kappa shape index (κ3) is 3.79. The van der Waals surface area contributed by atoms with Gasteiger partial charge in [-0.1, -0.05) is 12.1 Å². The van der Waals surface area contributed by atoms with Crippen molar-refractivity contribution in [1.82, 2.24) is 4.90 Å². The van der Waals surface area contributed by atoms with Gasteiger partial charge in [0.05, 0.1) is 11.0 Å². The van der Waals surface area contributed by atoms with Crippen molar-refractivity contribution in [3.8, 4) is 0 Å². The number of hydrogen-bond acceptors (Lipinski definition) is 3. The molecule has 2 atom stereocenters. The summed E-state index contributed by atoms with van der Waals surface area (Å²) in [6.45, 7) is 5.11. The smallest absolute Gasteiger partial charge is 0.155 e. The third-order valence-corrected chi connectivity index (χ3v) is 6.26. The molecule has 20 heavy (non-hydrogen) atoms. The van der Waals surface area contributed by atoms with Gasteiger partial charge in [0, 0.05) is 19.1 Å². The predicted octanol–water partition coefficient (Wildman–Crippen LogP) is 2.27. The number of sulfone groups is 1. The Bertz CT molecular complexity index is 559. The zero-order valence-corrected chi connectivity index (χ0v) is 12.9. The molecule has 2 rings (SSSR count). The molecule has 0 aromatic heterocycles. The van der Waals surface area contributed by atoms with Gasteiger partial charge in [-0.2, -0.15) is 0 Å². The monoisotopic (exact) mass is 299 g/mol. The van der Waals surface area contributed by atoms with Gasteiger partial charge >= 0.3 is 0 Å². The highest BCUT2D eigenvalue weighted by atomic mass is 32.2. The van der Waals surface area contributed by atoms with Gasteiger partial charge in [0.1, 0.15) is 5.82 Å². The number of halogens is 1. The highest BCUT2D eigenvalue weighted by Gasteiger charge is 2.31. The van der Waals surface area contributed by atoms with Crippen LogP contribution in [0.5, 0.6) is 0 Å². The zero-order valence-electron chi connectivity index (χ0n) is 12.0. The summed E-state index contributed by atoms with van der Waals surface area (Å²) >= 11 is 0. The van der Waals surface area contributed by atoms with E-state index in [9.17, 15) is 12.8 Å². The molecule has 0 spiro atoms. The van der Waals surface area contributed by atoms with Crippen LogP contribution in [0.4, 0.5) is 4.39 Å². The van der Waals surface area contributed by atoms with Gasteiger partial charge in [-0.3, -0.25) is 4.90 Å². The molecule has 0 unspecified atom stereocenters. The molecule has 3 nitrogen and oxygen atoms in total. The van der Waals surface area contributed by atoms with Crippen molar-refractivity contribution < 1.29 is 12.8 Å². The molecule has 1 aliphatic heterocycles. The maximum absolute atomic E-state index is 13.1. The fourth-order valence-electron chi connectivity index (χ4n) is 2.63. The Labute approximate surface area is 120 Å². The molecule has 112 valence electrons. The summed E-state index contributed by atoms with van der Waals surface area (Å²) in [5.41, 5.74) is 0.995. The molecule has 0 aliphatic carbocycles. The SMILES string of the molecule is C[C@H](CCc1cccc(F)c1)N1CCS(=O)(=O)[C@H](C)C1. The minimum atomic E-state index is -2.89. The van der Waals surface area contributed by atoms with E-state index in [0.717, 1.165) is 18.4 Å². The van der Waals surface area contributed by atoms with Gasteiger partial charge in [0.25, 0.3) is 0 Å². The lowest BCUT2D eigenvalue weighted by atomic mass is 10.0. The van der Waals surface area contributed by atoms with Crippen molar-refractivity contribution in [2.45, 2.75) is 38.0 Å². The summed E-state index contributed by atoms with van der Waals surface area (Å²) in [6, 6.07) is 6.99. The Morgan fingerprint density at radius 1 is 1.45 bits per heavy atom.